The molecule has 0 saturated carbocycles. The van der Waals surface area contributed by atoms with E-state index in [1.807, 2.05) is 6.08 Å². The lowest BCUT2D eigenvalue weighted by molar-refractivity contribution is 0.266. The predicted molar refractivity (Wildman–Crippen MR) is 49.8 cm³/mol. The molecule has 0 aliphatic carbocycles. The standard InChI is InChI=1S/C8H17NOSi/c1-3-8(9)11(2)7-5-4-6-10-11/h3,8H,1,4-7,9H2,2H3. The zero-order chi connectivity index (χ0) is 8.32. The van der Waals surface area contributed by atoms with Crippen LogP contribution in [0.2, 0.25) is 12.6 Å². The fraction of sp³-hybridized carbons (Fsp3) is 0.750. The van der Waals surface area contributed by atoms with Gasteiger partial charge in [0.25, 0.3) is 0 Å². The topological polar surface area (TPSA) is 35.2 Å². The van der Waals surface area contributed by atoms with Gasteiger partial charge >= 0.3 is 0 Å². The minimum absolute atomic E-state index is 0.114. The highest BCUT2D eigenvalue weighted by atomic mass is 28.4. The summed E-state index contributed by atoms with van der Waals surface area (Å²) in [5.74, 6) is 0. The average molecular weight is 171 g/mol. The van der Waals surface area contributed by atoms with Gasteiger partial charge in [-0.2, -0.15) is 0 Å². The van der Waals surface area contributed by atoms with E-state index in [9.17, 15) is 0 Å². The first-order valence-corrected chi connectivity index (χ1v) is 6.90. The van der Waals surface area contributed by atoms with Gasteiger partial charge < -0.3 is 10.2 Å². The lowest BCUT2D eigenvalue weighted by atomic mass is 10.4. The first-order chi connectivity index (χ1) is 5.19. The Kier molecular flexibility index (Phi) is 2.87. The summed E-state index contributed by atoms with van der Waals surface area (Å²) in [6.45, 7) is 6.82. The zero-order valence-corrected chi connectivity index (χ0v) is 8.18. The van der Waals surface area contributed by atoms with Gasteiger partial charge in [0, 0.05) is 12.3 Å². The molecule has 2 atom stereocenters. The maximum absolute atomic E-state index is 5.90. The molecule has 1 saturated heterocycles. The van der Waals surface area contributed by atoms with Gasteiger partial charge in [0.2, 0.25) is 8.32 Å². The molecule has 1 aliphatic rings. The number of hydrogen-bond donors (Lipinski definition) is 1. The van der Waals surface area contributed by atoms with Gasteiger partial charge in [-0.25, -0.2) is 0 Å². The molecule has 2 N–H and O–H groups in total. The maximum Gasteiger partial charge on any atom is 0.209 e. The van der Waals surface area contributed by atoms with Crippen LogP contribution in [0.5, 0.6) is 0 Å². The van der Waals surface area contributed by atoms with Gasteiger partial charge in [-0.1, -0.05) is 12.5 Å². The lowest BCUT2D eigenvalue weighted by Crippen LogP contribution is -2.53. The molecule has 0 aromatic heterocycles. The largest absolute Gasteiger partial charge is 0.415 e. The average Bonchev–Trinajstić information content (AvgIpc) is 2.04. The molecule has 2 unspecified atom stereocenters. The van der Waals surface area contributed by atoms with Crippen molar-refractivity contribution in [1.29, 1.82) is 0 Å². The summed E-state index contributed by atoms with van der Waals surface area (Å²) >= 11 is 0. The first-order valence-electron chi connectivity index (χ1n) is 4.21. The Morgan fingerprint density at radius 1 is 1.64 bits per heavy atom. The lowest BCUT2D eigenvalue weighted by Gasteiger charge is -2.34. The van der Waals surface area contributed by atoms with E-state index in [4.69, 9.17) is 10.2 Å². The zero-order valence-electron chi connectivity index (χ0n) is 7.18. The summed E-state index contributed by atoms with van der Waals surface area (Å²) in [7, 11) is -1.58. The second-order valence-electron chi connectivity index (χ2n) is 3.38. The van der Waals surface area contributed by atoms with E-state index in [1.54, 1.807) is 0 Å². The third kappa shape index (κ3) is 1.92. The number of rotatable bonds is 2. The van der Waals surface area contributed by atoms with Crippen molar-refractivity contribution in [2.75, 3.05) is 6.61 Å². The molecular formula is C8H17NOSi. The molecular weight excluding hydrogens is 154 g/mol. The maximum atomic E-state index is 5.90. The van der Waals surface area contributed by atoms with E-state index in [0.717, 1.165) is 6.61 Å². The highest BCUT2D eigenvalue weighted by Gasteiger charge is 2.36. The Bertz CT molecular complexity index is 143. The van der Waals surface area contributed by atoms with E-state index < -0.39 is 8.32 Å². The Balaban J connectivity index is 2.55. The molecule has 1 heterocycles. The first kappa shape index (κ1) is 8.97. The molecule has 1 rings (SSSR count). The fourth-order valence-corrected chi connectivity index (χ4v) is 4.20. The number of hydrogen-bond acceptors (Lipinski definition) is 2. The highest BCUT2D eigenvalue weighted by Crippen LogP contribution is 2.23. The summed E-state index contributed by atoms with van der Waals surface area (Å²) in [5.41, 5.74) is 6.01. The molecule has 11 heavy (non-hydrogen) atoms. The van der Waals surface area contributed by atoms with Crippen LogP contribution in [0.1, 0.15) is 12.8 Å². The van der Waals surface area contributed by atoms with Crippen molar-refractivity contribution in [3.63, 3.8) is 0 Å². The van der Waals surface area contributed by atoms with Crippen LogP contribution in [0, 0.1) is 0 Å². The molecule has 0 bridgehead atoms. The van der Waals surface area contributed by atoms with E-state index in [1.165, 1.54) is 18.9 Å². The van der Waals surface area contributed by atoms with Gasteiger partial charge in [0.15, 0.2) is 0 Å². The van der Waals surface area contributed by atoms with Crippen LogP contribution in [0.3, 0.4) is 0 Å². The van der Waals surface area contributed by atoms with Crippen molar-refractivity contribution in [2.24, 2.45) is 5.73 Å². The summed E-state index contributed by atoms with van der Waals surface area (Å²) in [5, 5.41) is 0. The molecule has 0 aromatic carbocycles. The van der Waals surface area contributed by atoms with Crippen molar-refractivity contribution >= 4 is 8.32 Å². The monoisotopic (exact) mass is 171 g/mol. The van der Waals surface area contributed by atoms with Gasteiger partial charge in [-0.3, -0.25) is 0 Å². The molecule has 64 valence electrons. The minimum atomic E-state index is -1.58. The Morgan fingerprint density at radius 3 is 2.82 bits per heavy atom. The normalized spacial score (nSPS) is 34.7. The smallest absolute Gasteiger partial charge is 0.209 e. The molecule has 2 nitrogen and oxygen atoms in total. The Morgan fingerprint density at radius 2 is 2.36 bits per heavy atom. The Labute approximate surface area is 69.6 Å². The molecule has 3 heteroatoms. The van der Waals surface area contributed by atoms with Crippen LogP contribution in [-0.2, 0) is 4.43 Å². The van der Waals surface area contributed by atoms with E-state index >= 15 is 0 Å². The van der Waals surface area contributed by atoms with Gasteiger partial charge in [0.1, 0.15) is 0 Å². The number of nitrogens with two attached hydrogens (primary N) is 1. The molecule has 0 spiro atoms. The summed E-state index contributed by atoms with van der Waals surface area (Å²) in [4.78, 5) is 0. The van der Waals surface area contributed by atoms with Crippen molar-refractivity contribution < 1.29 is 4.43 Å². The third-order valence-corrected chi connectivity index (χ3v) is 6.31. The van der Waals surface area contributed by atoms with Crippen molar-refractivity contribution in [1.82, 2.24) is 0 Å². The highest BCUT2D eigenvalue weighted by molar-refractivity contribution is 6.74. The third-order valence-electron chi connectivity index (χ3n) is 2.46. The van der Waals surface area contributed by atoms with Crippen molar-refractivity contribution in [3.8, 4) is 0 Å². The SMILES string of the molecule is C=CC(N)[Si]1(C)CCCCO1. The summed E-state index contributed by atoms with van der Waals surface area (Å²) < 4.78 is 5.76. The van der Waals surface area contributed by atoms with Gasteiger partial charge in [-0.05, 0) is 19.0 Å². The quantitative estimate of drug-likeness (QED) is 0.504. The molecule has 0 radical (unpaired) electrons. The van der Waals surface area contributed by atoms with Gasteiger partial charge in [0.05, 0.1) is 0 Å². The second-order valence-corrected chi connectivity index (χ2v) is 7.46. The van der Waals surface area contributed by atoms with Crippen LogP contribution in [0.15, 0.2) is 12.7 Å². The van der Waals surface area contributed by atoms with Crippen LogP contribution in [0.25, 0.3) is 0 Å². The molecule has 0 aromatic rings. The van der Waals surface area contributed by atoms with Gasteiger partial charge in [-0.15, -0.1) is 6.58 Å². The van der Waals surface area contributed by atoms with Crippen LogP contribution >= 0.6 is 0 Å². The van der Waals surface area contributed by atoms with E-state index in [0.29, 0.717) is 0 Å². The van der Waals surface area contributed by atoms with Crippen molar-refractivity contribution in [3.05, 3.63) is 12.7 Å². The van der Waals surface area contributed by atoms with Crippen molar-refractivity contribution in [2.45, 2.75) is 31.1 Å². The summed E-state index contributed by atoms with van der Waals surface area (Å²) in [6, 6.07) is 1.19. The second kappa shape index (κ2) is 3.52. The Hall–Kier alpha value is -0.123. The van der Waals surface area contributed by atoms with E-state index in [-0.39, 0.29) is 5.67 Å². The van der Waals surface area contributed by atoms with Crippen LogP contribution < -0.4 is 5.73 Å². The predicted octanol–water partition coefficient (Wildman–Crippen LogP) is 1.42. The molecule has 0 amide bonds. The molecule has 1 aliphatic heterocycles. The van der Waals surface area contributed by atoms with Crippen LogP contribution in [0.4, 0.5) is 0 Å². The fourth-order valence-electron chi connectivity index (χ4n) is 1.47. The molecule has 1 fully saturated rings. The minimum Gasteiger partial charge on any atom is -0.415 e. The van der Waals surface area contributed by atoms with E-state index in [2.05, 4.69) is 13.1 Å². The summed E-state index contributed by atoms with van der Waals surface area (Å²) in [6.07, 6.45) is 4.31. The van der Waals surface area contributed by atoms with Crippen LogP contribution in [-0.4, -0.2) is 20.6 Å².